The molecule has 0 radical (unpaired) electrons. The van der Waals surface area contributed by atoms with Gasteiger partial charge in [0.25, 0.3) is 5.91 Å². The molecule has 0 aliphatic heterocycles. The molecule has 7 heteroatoms. The fourth-order valence-electron chi connectivity index (χ4n) is 1.22. The van der Waals surface area contributed by atoms with Crippen molar-refractivity contribution in [1.82, 2.24) is 10.3 Å². The minimum Gasteiger partial charge on any atom is -0.351 e. The van der Waals surface area contributed by atoms with E-state index in [0.29, 0.717) is 5.69 Å². The third kappa shape index (κ3) is 3.51. The molecule has 0 saturated carbocycles. The van der Waals surface area contributed by atoms with Gasteiger partial charge in [0, 0.05) is 14.2 Å². The lowest BCUT2D eigenvalue weighted by atomic mass is 10.3. The summed E-state index contributed by atoms with van der Waals surface area (Å²) in [5.74, 6) is -0.676. The monoisotopic (exact) mass is 239 g/mol. The van der Waals surface area contributed by atoms with Crippen molar-refractivity contribution in [2.75, 3.05) is 14.2 Å². The first-order valence-corrected chi connectivity index (χ1v) is 4.71. The van der Waals surface area contributed by atoms with Crippen LogP contribution in [0.25, 0.3) is 0 Å². The fourth-order valence-corrected chi connectivity index (χ4v) is 1.22. The van der Waals surface area contributed by atoms with E-state index in [2.05, 4.69) is 4.98 Å². The normalized spacial score (nSPS) is 10.3. The molecule has 3 N–H and O–H groups in total. The largest absolute Gasteiger partial charge is 0.351 e. The van der Waals surface area contributed by atoms with E-state index in [4.69, 9.17) is 15.2 Å². The maximum atomic E-state index is 11.5. The Bertz CT molecular complexity index is 418. The third-order valence-corrected chi connectivity index (χ3v) is 1.91. The first-order valence-electron chi connectivity index (χ1n) is 4.71. The number of hydrogen-bond donors (Lipinski definition) is 2. The SMILES string of the molecule is COC(OC)c1cccc(C(=O)NC(N)=O)n1. The first-order chi connectivity index (χ1) is 8.08. The Morgan fingerprint density at radius 1 is 1.35 bits per heavy atom. The van der Waals surface area contributed by atoms with Crippen molar-refractivity contribution in [1.29, 1.82) is 0 Å². The molecule has 7 nitrogen and oxygen atoms in total. The Labute approximate surface area is 97.9 Å². The summed E-state index contributed by atoms with van der Waals surface area (Å²) in [5.41, 5.74) is 5.31. The van der Waals surface area contributed by atoms with Gasteiger partial charge in [0.1, 0.15) is 5.69 Å². The Balaban J connectivity index is 2.92. The molecule has 0 spiro atoms. The molecule has 92 valence electrons. The van der Waals surface area contributed by atoms with E-state index in [9.17, 15) is 9.59 Å². The van der Waals surface area contributed by atoms with E-state index in [0.717, 1.165) is 0 Å². The molecule has 0 aliphatic carbocycles. The summed E-state index contributed by atoms with van der Waals surface area (Å²) in [5, 5.41) is 1.92. The number of carbonyl (C=O) groups excluding carboxylic acids is 2. The Morgan fingerprint density at radius 2 is 2.00 bits per heavy atom. The van der Waals surface area contributed by atoms with Crippen LogP contribution in [0.3, 0.4) is 0 Å². The number of ether oxygens (including phenoxy) is 2. The van der Waals surface area contributed by atoms with Crippen molar-refractivity contribution in [3.8, 4) is 0 Å². The number of carbonyl (C=O) groups is 2. The van der Waals surface area contributed by atoms with Gasteiger partial charge in [-0.25, -0.2) is 9.78 Å². The highest BCUT2D eigenvalue weighted by Crippen LogP contribution is 2.14. The number of nitrogens with two attached hydrogens (primary N) is 1. The van der Waals surface area contributed by atoms with Gasteiger partial charge in [-0.05, 0) is 12.1 Å². The van der Waals surface area contributed by atoms with Crippen LogP contribution < -0.4 is 11.1 Å². The van der Waals surface area contributed by atoms with Crippen LogP contribution in [0.1, 0.15) is 22.5 Å². The average Bonchev–Trinajstić information content (AvgIpc) is 2.30. The number of aromatic nitrogens is 1. The van der Waals surface area contributed by atoms with E-state index >= 15 is 0 Å². The van der Waals surface area contributed by atoms with Crippen molar-refractivity contribution in [3.63, 3.8) is 0 Å². The maximum Gasteiger partial charge on any atom is 0.319 e. The molecule has 1 aromatic rings. The number of nitrogens with zero attached hydrogens (tertiary/aromatic N) is 1. The minimum absolute atomic E-state index is 0.0559. The van der Waals surface area contributed by atoms with Crippen LogP contribution in [0.5, 0.6) is 0 Å². The summed E-state index contributed by atoms with van der Waals surface area (Å²) in [6.07, 6.45) is -0.670. The summed E-state index contributed by atoms with van der Waals surface area (Å²) in [6, 6.07) is 3.75. The molecular weight excluding hydrogens is 226 g/mol. The van der Waals surface area contributed by atoms with Crippen molar-refractivity contribution in [2.24, 2.45) is 5.73 Å². The number of methoxy groups -OCH3 is 2. The predicted octanol–water partition coefficient (Wildman–Crippen LogP) is 0.182. The van der Waals surface area contributed by atoms with Gasteiger partial charge in [0.2, 0.25) is 6.29 Å². The standard InChI is InChI=1S/C10H13N3O4/c1-16-9(17-2)7-5-3-4-6(12-7)8(14)13-10(11)15/h3-5,9H,1-2H3,(H3,11,13,14,15). The molecule has 17 heavy (non-hydrogen) atoms. The second kappa shape index (κ2) is 5.92. The average molecular weight is 239 g/mol. The van der Waals surface area contributed by atoms with Crippen LogP contribution in [-0.4, -0.2) is 31.1 Å². The highest BCUT2D eigenvalue weighted by Gasteiger charge is 2.14. The molecule has 0 fully saturated rings. The van der Waals surface area contributed by atoms with Crippen LogP contribution >= 0.6 is 0 Å². The number of rotatable bonds is 4. The molecule has 1 rings (SSSR count). The van der Waals surface area contributed by atoms with E-state index in [1.54, 1.807) is 12.1 Å². The third-order valence-electron chi connectivity index (χ3n) is 1.91. The van der Waals surface area contributed by atoms with Crippen LogP contribution in [0.15, 0.2) is 18.2 Å². The highest BCUT2D eigenvalue weighted by molar-refractivity contribution is 6.02. The first kappa shape index (κ1) is 13.1. The van der Waals surface area contributed by atoms with Gasteiger partial charge in [-0.2, -0.15) is 0 Å². The van der Waals surface area contributed by atoms with Crippen LogP contribution in [0.2, 0.25) is 0 Å². The van der Waals surface area contributed by atoms with Crippen molar-refractivity contribution >= 4 is 11.9 Å². The molecule has 0 atom stereocenters. The molecule has 0 bridgehead atoms. The summed E-state index contributed by atoms with van der Waals surface area (Å²) >= 11 is 0. The van der Waals surface area contributed by atoms with Gasteiger partial charge in [0.15, 0.2) is 0 Å². The van der Waals surface area contributed by atoms with Gasteiger partial charge in [-0.3, -0.25) is 10.1 Å². The molecule has 0 saturated heterocycles. The molecular formula is C10H13N3O4. The number of nitrogens with one attached hydrogen (secondary N) is 1. The van der Waals surface area contributed by atoms with Crippen molar-refractivity contribution in [2.45, 2.75) is 6.29 Å². The lowest BCUT2D eigenvalue weighted by molar-refractivity contribution is -0.108. The van der Waals surface area contributed by atoms with Gasteiger partial charge < -0.3 is 15.2 Å². The molecule has 0 unspecified atom stereocenters. The fraction of sp³-hybridized carbons (Fsp3) is 0.300. The topological polar surface area (TPSA) is 104 Å². The maximum absolute atomic E-state index is 11.5. The second-order valence-electron chi connectivity index (χ2n) is 3.07. The van der Waals surface area contributed by atoms with E-state index in [1.807, 2.05) is 5.32 Å². The zero-order valence-corrected chi connectivity index (χ0v) is 9.47. The minimum atomic E-state index is -0.933. The Morgan fingerprint density at radius 3 is 2.53 bits per heavy atom. The number of amides is 3. The molecule has 0 aromatic carbocycles. The summed E-state index contributed by atoms with van der Waals surface area (Å²) in [4.78, 5) is 26.0. The van der Waals surface area contributed by atoms with E-state index < -0.39 is 18.2 Å². The quantitative estimate of drug-likeness (QED) is 0.729. The lowest BCUT2D eigenvalue weighted by Gasteiger charge is -2.13. The number of primary amides is 1. The van der Waals surface area contributed by atoms with Gasteiger partial charge in [0.05, 0.1) is 5.69 Å². The molecule has 1 aromatic heterocycles. The molecule has 3 amide bonds. The number of urea groups is 1. The lowest BCUT2D eigenvalue weighted by Crippen LogP contribution is -2.35. The highest BCUT2D eigenvalue weighted by atomic mass is 16.7. The second-order valence-corrected chi connectivity index (χ2v) is 3.07. The number of hydrogen-bond acceptors (Lipinski definition) is 5. The van der Waals surface area contributed by atoms with E-state index in [1.165, 1.54) is 20.3 Å². The molecule has 1 heterocycles. The van der Waals surface area contributed by atoms with Crippen LogP contribution in [0.4, 0.5) is 4.79 Å². The Kier molecular flexibility index (Phi) is 4.56. The van der Waals surface area contributed by atoms with Gasteiger partial charge in [-0.15, -0.1) is 0 Å². The van der Waals surface area contributed by atoms with Crippen molar-refractivity contribution < 1.29 is 19.1 Å². The Hall–Kier alpha value is -1.99. The van der Waals surface area contributed by atoms with Crippen molar-refractivity contribution in [3.05, 3.63) is 29.6 Å². The van der Waals surface area contributed by atoms with Crippen LogP contribution in [0, 0.1) is 0 Å². The van der Waals surface area contributed by atoms with Gasteiger partial charge >= 0.3 is 6.03 Å². The molecule has 0 aliphatic rings. The predicted molar refractivity (Wildman–Crippen MR) is 58.0 cm³/mol. The zero-order chi connectivity index (χ0) is 12.8. The smallest absolute Gasteiger partial charge is 0.319 e. The number of pyridine rings is 1. The van der Waals surface area contributed by atoms with Crippen LogP contribution in [-0.2, 0) is 9.47 Å². The number of imide groups is 1. The summed E-state index contributed by atoms with van der Waals surface area (Å²) in [7, 11) is 2.90. The summed E-state index contributed by atoms with van der Waals surface area (Å²) < 4.78 is 9.99. The summed E-state index contributed by atoms with van der Waals surface area (Å²) in [6.45, 7) is 0. The van der Waals surface area contributed by atoms with Gasteiger partial charge in [-0.1, -0.05) is 6.07 Å². The zero-order valence-electron chi connectivity index (χ0n) is 9.47. The van der Waals surface area contributed by atoms with E-state index in [-0.39, 0.29) is 5.69 Å².